The summed E-state index contributed by atoms with van der Waals surface area (Å²) in [6.07, 6.45) is 10.0. The summed E-state index contributed by atoms with van der Waals surface area (Å²) in [5, 5.41) is 0. The predicted molar refractivity (Wildman–Crippen MR) is 118 cm³/mol. The number of unbranched alkanes of at least 4 members (excludes halogenated alkanes) is 2. The normalized spacial score (nSPS) is 16.7. The van der Waals surface area contributed by atoms with Gasteiger partial charge >= 0.3 is 0 Å². The van der Waals surface area contributed by atoms with E-state index in [1.54, 1.807) is 0 Å². The zero-order valence-corrected chi connectivity index (χ0v) is 19.0. The van der Waals surface area contributed by atoms with Crippen molar-refractivity contribution in [3.05, 3.63) is 0 Å². The Kier molecular flexibility index (Phi) is 15.9. The fraction of sp³-hybridized carbons (Fsp3) is 1.00. The standard InChI is InChI=1S/C22H48BN2O/c1-8-12-13-14-21(26-11-4)20(16-15-19(7)17-18(5)6)25(10-3)22(24)23-9-2/h18-22H,8-17,24H2,1-7H3. The molecule has 0 bridgehead atoms. The Labute approximate surface area is 166 Å². The highest BCUT2D eigenvalue weighted by Crippen LogP contribution is 2.25. The number of rotatable bonds is 17. The van der Waals surface area contributed by atoms with Crippen molar-refractivity contribution in [1.29, 1.82) is 0 Å². The van der Waals surface area contributed by atoms with Crippen molar-refractivity contribution in [1.82, 2.24) is 4.90 Å². The molecular weight excluding hydrogens is 319 g/mol. The lowest BCUT2D eigenvalue weighted by Crippen LogP contribution is -2.55. The Morgan fingerprint density at radius 3 is 2.15 bits per heavy atom. The summed E-state index contributed by atoms with van der Waals surface area (Å²) in [7, 11) is 2.24. The van der Waals surface area contributed by atoms with Gasteiger partial charge in [0.15, 0.2) is 7.28 Å². The van der Waals surface area contributed by atoms with Gasteiger partial charge in [-0.3, -0.25) is 4.90 Å². The molecule has 0 heterocycles. The molecule has 4 heteroatoms. The fourth-order valence-electron chi connectivity index (χ4n) is 4.18. The molecule has 26 heavy (non-hydrogen) atoms. The van der Waals surface area contributed by atoms with E-state index in [4.69, 9.17) is 10.5 Å². The smallest absolute Gasteiger partial charge is 0.152 e. The number of nitrogens with two attached hydrogens (primary N) is 1. The van der Waals surface area contributed by atoms with E-state index in [1.165, 1.54) is 38.5 Å². The summed E-state index contributed by atoms with van der Waals surface area (Å²) in [6.45, 7) is 17.6. The van der Waals surface area contributed by atoms with Crippen LogP contribution in [-0.2, 0) is 4.74 Å². The van der Waals surface area contributed by atoms with Crippen molar-refractivity contribution < 1.29 is 4.74 Å². The summed E-state index contributed by atoms with van der Waals surface area (Å²) in [4.78, 5) is 2.48. The third-order valence-corrected chi connectivity index (χ3v) is 5.38. The van der Waals surface area contributed by atoms with Crippen LogP contribution in [0.2, 0.25) is 6.32 Å². The Morgan fingerprint density at radius 1 is 0.962 bits per heavy atom. The van der Waals surface area contributed by atoms with Gasteiger partial charge in [-0.05, 0) is 51.0 Å². The third kappa shape index (κ3) is 10.9. The highest BCUT2D eigenvalue weighted by Gasteiger charge is 2.30. The SMILES string of the molecule is CC[B]C(N)N(CC)C(CCC(C)CC(C)C)C(CCCCC)OCC. The first-order valence-electron chi connectivity index (χ1n) is 11.4. The van der Waals surface area contributed by atoms with Crippen LogP contribution in [0.4, 0.5) is 0 Å². The quantitative estimate of drug-likeness (QED) is 0.209. The molecule has 0 rings (SSSR count). The van der Waals surface area contributed by atoms with E-state index in [0.29, 0.717) is 12.1 Å². The lowest BCUT2D eigenvalue weighted by Gasteiger charge is -2.40. The van der Waals surface area contributed by atoms with Crippen LogP contribution < -0.4 is 5.73 Å². The molecule has 0 aliphatic rings. The third-order valence-electron chi connectivity index (χ3n) is 5.38. The molecule has 1 radical (unpaired) electrons. The first kappa shape index (κ1) is 25.9. The van der Waals surface area contributed by atoms with Gasteiger partial charge in [0.1, 0.15) is 0 Å². The molecule has 2 N–H and O–H groups in total. The van der Waals surface area contributed by atoms with Crippen LogP contribution >= 0.6 is 0 Å². The van der Waals surface area contributed by atoms with Gasteiger partial charge in [-0.2, -0.15) is 0 Å². The van der Waals surface area contributed by atoms with Crippen molar-refractivity contribution in [3.8, 4) is 0 Å². The van der Waals surface area contributed by atoms with Crippen molar-refractivity contribution in [3.63, 3.8) is 0 Å². The second kappa shape index (κ2) is 16.0. The van der Waals surface area contributed by atoms with Crippen LogP contribution in [0.25, 0.3) is 0 Å². The van der Waals surface area contributed by atoms with Gasteiger partial charge in [0.05, 0.1) is 6.10 Å². The first-order valence-corrected chi connectivity index (χ1v) is 11.4. The average molecular weight is 367 g/mol. The Hall–Kier alpha value is -0.0551. The van der Waals surface area contributed by atoms with Gasteiger partial charge < -0.3 is 10.5 Å². The summed E-state index contributed by atoms with van der Waals surface area (Å²) in [5.74, 6) is 1.54. The van der Waals surface area contributed by atoms with Crippen LogP contribution in [0.3, 0.4) is 0 Å². The Morgan fingerprint density at radius 2 is 1.65 bits per heavy atom. The highest BCUT2D eigenvalue weighted by atomic mass is 16.5. The van der Waals surface area contributed by atoms with Crippen molar-refractivity contribution >= 4 is 7.28 Å². The molecule has 0 aromatic heterocycles. The monoisotopic (exact) mass is 367 g/mol. The number of likely N-dealkylation sites (N-methyl/N-ethyl adjacent to an activating group) is 1. The topological polar surface area (TPSA) is 38.5 Å². The van der Waals surface area contributed by atoms with Crippen molar-refractivity contribution in [2.75, 3.05) is 13.2 Å². The largest absolute Gasteiger partial charge is 0.377 e. The molecule has 0 aromatic rings. The lowest BCUT2D eigenvalue weighted by atomic mass is 9.70. The fourth-order valence-corrected chi connectivity index (χ4v) is 4.18. The van der Waals surface area contributed by atoms with E-state index in [1.807, 2.05) is 0 Å². The number of ether oxygens (including phenoxy) is 1. The number of hydrogen-bond acceptors (Lipinski definition) is 3. The molecule has 0 fully saturated rings. The Balaban J connectivity index is 5.17. The van der Waals surface area contributed by atoms with Crippen LogP contribution in [0.5, 0.6) is 0 Å². The van der Waals surface area contributed by atoms with Crippen LogP contribution in [0.15, 0.2) is 0 Å². The van der Waals surface area contributed by atoms with E-state index < -0.39 is 0 Å². The second-order valence-electron chi connectivity index (χ2n) is 8.33. The minimum absolute atomic E-state index is 0.0320. The summed E-state index contributed by atoms with van der Waals surface area (Å²) >= 11 is 0. The Bertz CT molecular complexity index is 315. The lowest BCUT2D eigenvalue weighted by molar-refractivity contribution is -0.0233. The molecule has 0 aliphatic heterocycles. The van der Waals surface area contributed by atoms with E-state index in [9.17, 15) is 0 Å². The number of hydrogen-bond donors (Lipinski definition) is 1. The van der Waals surface area contributed by atoms with Gasteiger partial charge in [-0.25, -0.2) is 0 Å². The molecule has 0 aromatic carbocycles. The minimum atomic E-state index is 0.0320. The van der Waals surface area contributed by atoms with Crippen LogP contribution in [0, 0.1) is 11.8 Å². The molecule has 0 saturated heterocycles. The molecule has 4 unspecified atom stereocenters. The molecular formula is C22H48BN2O. The summed E-state index contributed by atoms with van der Waals surface area (Å²) in [6, 6.07) is 0.453. The minimum Gasteiger partial charge on any atom is -0.377 e. The predicted octanol–water partition coefficient (Wildman–Crippen LogP) is 5.51. The molecule has 4 atom stereocenters. The van der Waals surface area contributed by atoms with E-state index in [-0.39, 0.29) is 6.07 Å². The number of nitrogens with zero attached hydrogens (tertiary/aromatic N) is 1. The molecule has 0 saturated carbocycles. The van der Waals surface area contributed by atoms with Crippen molar-refractivity contribution in [2.24, 2.45) is 17.6 Å². The van der Waals surface area contributed by atoms with Gasteiger partial charge in [0, 0.05) is 18.7 Å². The zero-order valence-electron chi connectivity index (χ0n) is 19.0. The first-order chi connectivity index (χ1) is 12.4. The molecule has 3 nitrogen and oxygen atoms in total. The maximum Gasteiger partial charge on any atom is 0.152 e. The molecule has 0 spiro atoms. The molecule has 0 amide bonds. The highest BCUT2D eigenvalue weighted by molar-refractivity contribution is 6.37. The van der Waals surface area contributed by atoms with E-state index in [2.05, 4.69) is 60.6 Å². The van der Waals surface area contributed by atoms with E-state index >= 15 is 0 Å². The average Bonchev–Trinajstić information content (AvgIpc) is 2.57. The maximum atomic E-state index is 6.53. The summed E-state index contributed by atoms with van der Waals surface area (Å²) < 4.78 is 6.26. The van der Waals surface area contributed by atoms with Crippen LogP contribution in [0.1, 0.15) is 93.4 Å². The van der Waals surface area contributed by atoms with Crippen molar-refractivity contribution in [2.45, 2.75) is 118 Å². The second-order valence-corrected chi connectivity index (χ2v) is 8.33. The molecule has 155 valence electrons. The van der Waals surface area contributed by atoms with Gasteiger partial charge in [0.2, 0.25) is 0 Å². The summed E-state index contributed by atoms with van der Waals surface area (Å²) in [5.41, 5.74) is 6.53. The van der Waals surface area contributed by atoms with Gasteiger partial charge in [-0.15, -0.1) is 0 Å². The van der Waals surface area contributed by atoms with Crippen LogP contribution in [-0.4, -0.2) is 43.5 Å². The zero-order chi connectivity index (χ0) is 19.9. The van der Waals surface area contributed by atoms with Gasteiger partial charge in [-0.1, -0.05) is 67.1 Å². The maximum absolute atomic E-state index is 6.53. The molecule has 0 aliphatic carbocycles. The van der Waals surface area contributed by atoms with E-state index in [0.717, 1.165) is 37.7 Å². The van der Waals surface area contributed by atoms with Gasteiger partial charge in [0.25, 0.3) is 0 Å².